The molecule has 0 unspecified atom stereocenters. The molecule has 3 rings (SSSR count). The number of anilines is 1. The van der Waals surface area contributed by atoms with Gasteiger partial charge < -0.3 is 9.64 Å². The van der Waals surface area contributed by atoms with Gasteiger partial charge in [0.25, 0.3) is 0 Å². The summed E-state index contributed by atoms with van der Waals surface area (Å²) in [6.07, 6.45) is 5.77. The van der Waals surface area contributed by atoms with Gasteiger partial charge in [0.15, 0.2) is 0 Å². The highest BCUT2D eigenvalue weighted by atomic mass is 32.1. The molecule has 0 N–H and O–H groups in total. The Morgan fingerprint density at radius 3 is 3.13 bits per heavy atom. The van der Waals surface area contributed by atoms with Crippen molar-refractivity contribution in [1.82, 2.24) is 0 Å². The molecule has 1 aromatic heterocycles. The fourth-order valence-electron chi connectivity index (χ4n) is 2.80. The molecule has 0 radical (unpaired) electrons. The third-order valence-corrected chi connectivity index (χ3v) is 4.43. The van der Waals surface area contributed by atoms with Crippen LogP contribution in [0.3, 0.4) is 0 Å². The molecule has 2 atom stereocenters. The van der Waals surface area contributed by atoms with Gasteiger partial charge in [-0.15, -0.1) is 11.3 Å². The number of nitrogens with zero attached hydrogens (tertiary/aromatic N) is 1. The second-order valence-electron chi connectivity index (χ2n) is 4.41. The molecule has 1 aliphatic carbocycles. The highest BCUT2D eigenvalue weighted by molar-refractivity contribution is 7.14. The average Bonchev–Trinajstić information content (AvgIpc) is 2.82. The summed E-state index contributed by atoms with van der Waals surface area (Å²) in [6, 6.07) is 5.03. The number of morpholine rings is 1. The number of hydrogen-bond acceptors (Lipinski definition) is 3. The van der Waals surface area contributed by atoms with Crippen molar-refractivity contribution >= 4 is 16.3 Å². The van der Waals surface area contributed by atoms with Crippen LogP contribution in [-0.2, 0) is 4.74 Å². The summed E-state index contributed by atoms with van der Waals surface area (Å²) in [5.74, 6) is 0. The Kier molecular flexibility index (Phi) is 2.67. The molecular formula is C12H17NOS. The SMILES string of the molecule is c1csc(N2CCO[C@@H]3CCCC[C@@H]32)c1. The minimum atomic E-state index is 0.495. The zero-order chi connectivity index (χ0) is 10.1. The van der Waals surface area contributed by atoms with Gasteiger partial charge in [0.1, 0.15) is 0 Å². The van der Waals surface area contributed by atoms with E-state index in [0.717, 1.165) is 13.2 Å². The topological polar surface area (TPSA) is 12.5 Å². The molecule has 1 saturated heterocycles. The van der Waals surface area contributed by atoms with Crippen molar-refractivity contribution in [3.8, 4) is 0 Å². The van der Waals surface area contributed by atoms with Crippen molar-refractivity contribution in [3.05, 3.63) is 17.5 Å². The summed E-state index contributed by atoms with van der Waals surface area (Å²) in [6.45, 7) is 1.97. The average molecular weight is 223 g/mol. The van der Waals surface area contributed by atoms with E-state index in [4.69, 9.17) is 4.74 Å². The molecule has 2 fully saturated rings. The van der Waals surface area contributed by atoms with Gasteiger partial charge in [-0.25, -0.2) is 0 Å². The molecule has 82 valence electrons. The third-order valence-electron chi connectivity index (χ3n) is 3.52. The van der Waals surface area contributed by atoms with Crippen LogP contribution in [0.5, 0.6) is 0 Å². The molecule has 1 aliphatic heterocycles. The minimum absolute atomic E-state index is 0.495. The van der Waals surface area contributed by atoms with Gasteiger partial charge in [-0.05, 0) is 30.4 Å². The van der Waals surface area contributed by atoms with Crippen LogP contribution < -0.4 is 4.90 Å². The van der Waals surface area contributed by atoms with Crippen LogP contribution in [0.25, 0.3) is 0 Å². The van der Waals surface area contributed by atoms with Crippen LogP contribution in [0.4, 0.5) is 5.00 Å². The Labute approximate surface area is 94.9 Å². The summed E-state index contributed by atoms with van der Waals surface area (Å²) >= 11 is 1.86. The van der Waals surface area contributed by atoms with Crippen molar-refractivity contribution in [2.24, 2.45) is 0 Å². The molecular weight excluding hydrogens is 206 g/mol. The van der Waals surface area contributed by atoms with Crippen LogP contribution >= 0.6 is 11.3 Å². The quantitative estimate of drug-likeness (QED) is 0.726. The maximum absolute atomic E-state index is 5.87. The molecule has 1 saturated carbocycles. The van der Waals surface area contributed by atoms with Gasteiger partial charge in [-0.1, -0.05) is 12.8 Å². The van der Waals surface area contributed by atoms with Crippen molar-refractivity contribution in [2.45, 2.75) is 37.8 Å². The lowest BCUT2D eigenvalue weighted by molar-refractivity contribution is -0.00840. The lowest BCUT2D eigenvalue weighted by Crippen LogP contribution is -2.52. The summed E-state index contributed by atoms with van der Waals surface area (Å²) in [7, 11) is 0. The normalized spacial score (nSPS) is 31.3. The first-order chi connectivity index (χ1) is 7.45. The van der Waals surface area contributed by atoms with E-state index in [9.17, 15) is 0 Å². The van der Waals surface area contributed by atoms with E-state index in [1.807, 2.05) is 11.3 Å². The lowest BCUT2D eigenvalue weighted by Gasteiger charge is -2.44. The second-order valence-corrected chi connectivity index (χ2v) is 5.33. The molecule has 0 aromatic carbocycles. The van der Waals surface area contributed by atoms with Crippen LogP contribution in [0.15, 0.2) is 17.5 Å². The summed E-state index contributed by atoms with van der Waals surface area (Å²) in [4.78, 5) is 2.57. The van der Waals surface area contributed by atoms with Gasteiger partial charge >= 0.3 is 0 Å². The first-order valence-corrected chi connectivity index (χ1v) is 6.75. The predicted octanol–water partition coefficient (Wildman–Crippen LogP) is 2.90. The number of ether oxygens (including phenoxy) is 1. The van der Waals surface area contributed by atoms with Gasteiger partial charge in [-0.3, -0.25) is 0 Å². The summed E-state index contributed by atoms with van der Waals surface area (Å²) in [5.41, 5.74) is 0. The summed E-state index contributed by atoms with van der Waals surface area (Å²) in [5, 5.41) is 3.60. The predicted molar refractivity (Wildman–Crippen MR) is 63.7 cm³/mol. The van der Waals surface area contributed by atoms with Crippen molar-refractivity contribution < 1.29 is 4.74 Å². The maximum atomic E-state index is 5.87. The molecule has 0 amide bonds. The molecule has 2 heterocycles. The Morgan fingerprint density at radius 1 is 1.33 bits per heavy atom. The van der Waals surface area contributed by atoms with E-state index >= 15 is 0 Å². The van der Waals surface area contributed by atoms with E-state index in [-0.39, 0.29) is 0 Å². The molecule has 2 nitrogen and oxygen atoms in total. The molecule has 0 spiro atoms. The van der Waals surface area contributed by atoms with E-state index < -0.39 is 0 Å². The van der Waals surface area contributed by atoms with Crippen molar-refractivity contribution in [3.63, 3.8) is 0 Å². The van der Waals surface area contributed by atoms with Crippen LogP contribution in [0, 0.1) is 0 Å². The number of rotatable bonds is 1. The first-order valence-electron chi connectivity index (χ1n) is 5.87. The largest absolute Gasteiger partial charge is 0.374 e. The smallest absolute Gasteiger partial charge is 0.0912 e. The van der Waals surface area contributed by atoms with Gasteiger partial charge in [-0.2, -0.15) is 0 Å². The first kappa shape index (κ1) is 9.67. The monoisotopic (exact) mass is 223 g/mol. The maximum Gasteiger partial charge on any atom is 0.0912 e. The van der Waals surface area contributed by atoms with E-state index in [1.165, 1.54) is 30.7 Å². The Hall–Kier alpha value is -0.540. The molecule has 1 aromatic rings. The highest BCUT2D eigenvalue weighted by Gasteiger charge is 2.34. The Balaban J connectivity index is 1.82. The molecule has 2 aliphatic rings. The standard InChI is InChI=1S/C12H17NOS/c1-2-5-11-10(4-1)13(7-8-14-11)12-6-3-9-15-12/h3,6,9-11H,1-2,4-5,7-8H2/t10-,11+/m0/s1. The van der Waals surface area contributed by atoms with Crippen LogP contribution in [0.1, 0.15) is 25.7 Å². The molecule has 3 heteroatoms. The van der Waals surface area contributed by atoms with Gasteiger partial charge in [0.05, 0.1) is 23.8 Å². The van der Waals surface area contributed by atoms with E-state index in [2.05, 4.69) is 22.4 Å². The number of thiophene rings is 1. The second kappa shape index (κ2) is 4.14. The van der Waals surface area contributed by atoms with E-state index in [0.29, 0.717) is 12.1 Å². The minimum Gasteiger partial charge on any atom is -0.374 e. The fraction of sp³-hybridized carbons (Fsp3) is 0.667. The van der Waals surface area contributed by atoms with Crippen molar-refractivity contribution in [1.29, 1.82) is 0 Å². The van der Waals surface area contributed by atoms with Gasteiger partial charge in [0.2, 0.25) is 0 Å². The van der Waals surface area contributed by atoms with Crippen LogP contribution in [0.2, 0.25) is 0 Å². The Bertz CT molecular complexity index is 309. The number of hydrogen-bond donors (Lipinski definition) is 0. The number of fused-ring (bicyclic) bond motifs is 1. The lowest BCUT2D eigenvalue weighted by atomic mass is 9.90. The zero-order valence-corrected chi connectivity index (χ0v) is 9.71. The highest BCUT2D eigenvalue weighted by Crippen LogP contribution is 2.33. The molecule has 0 bridgehead atoms. The van der Waals surface area contributed by atoms with Gasteiger partial charge in [0, 0.05) is 6.54 Å². The fourth-order valence-corrected chi connectivity index (χ4v) is 3.62. The molecule has 15 heavy (non-hydrogen) atoms. The summed E-state index contributed by atoms with van der Waals surface area (Å²) < 4.78 is 5.87. The van der Waals surface area contributed by atoms with E-state index in [1.54, 1.807) is 0 Å². The zero-order valence-electron chi connectivity index (χ0n) is 8.89. The third kappa shape index (κ3) is 1.79. The Morgan fingerprint density at radius 2 is 2.27 bits per heavy atom. The van der Waals surface area contributed by atoms with Crippen LogP contribution in [-0.4, -0.2) is 25.3 Å². The van der Waals surface area contributed by atoms with Crippen molar-refractivity contribution in [2.75, 3.05) is 18.1 Å².